The molecule has 8 aliphatic carbocycles. The Morgan fingerprint density at radius 1 is 0.253 bits per heavy atom. The van der Waals surface area contributed by atoms with Crippen molar-refractivity contribution in [2.24, 2.45) is 88.8 Å². The van der Waals surface area contributed by atoms with E-state index in [-0.39, 0.29) is 0 Å². The molecule has 492 valence electrons. The highest BCUT2D eigenvalue weighted by Gasteiger charge is 2.31. The van der Waals surface area contributed by atoms with Crippen LogP contribution in [0.25, 0.3) is 0 Å². The Morgan fingerprint density at radius 2 is 0.494 bits per heavy atom. The molecule has 8 aliphatic rings. The van der Waals surface area contributed by atoms with Gasteiger partial charge in [0.2, 0.25) is 0 Å². The van der Waals surface area contributed by atoms with E-state index in [9.17, 15) is 0 Å². The van der Waals surface area contributed by atoms with Gasteiger partial charge in [0.25, 0.3) is 0 Å². The predicted molar refractivity (Wildman–Crippen MR) is 387 cm³/mol. The summed E-state index contributed by atoms with van der Waals surface area (Å²) in [5, 5.41) is 0. The first kappa shape index (κ1) is 85.6. The van der Waals surface area contributed by atoms with E-state index in [1.165, 1.54) is 119 Å². The highest BCUT2D eigenvalue weighted by molar-refractivity contribution is 5.39. The number of hydrogen-bond donors (Lipinski definition) is 0. The van der Waals surface area contributed by atoms with E-state index in [4.69, 9.17) is 0 Å². The van der Waals surface area contributed by atoms with Crippen molar-refractivity contribution in [3.63, 3.8) is 0 Å². The average molecular weight is 1160 g/mol. The molecule has 2 aromatic carbocycles. The molecule has 0 nitrogen and oxygen atoms in total. The summed E-state index contributed by atoms with van der Waals surface area (Å²) in [6, 6.07) is 15.9. The molecule has 0 heterocycles. The fraction of sp³-hybridized carbons (Fsp3) is 0.855. The molecule has 6 fully saturated rings. The molecule has 0 aliphatic heterocycles. The third-order valence-corrected chi connectivity index (χ3v) is 15.4. The zero-order valence-corrected chi connectivity index (χ0v) is 62.7. The summed E-state index contributed by atoms with van der Waals surface area (Å²) in [6.45, 7) is 61.2. The van der Waals surface area contributed by atoms with Crippen LogP contribution in [0, 0.1) is 88.8 Å². The monoisotopic (exact) mass is 1160 g/mol. The quantitative estimate of drug-likeness (QED) is 0.281. The Balaban J connectivity index is -0.000000864. The Kier molecular flexibility index (Phi) is 55.2. The van der Waals surface area contributed by atoms with E-state index in [0.29, 0.717) is 5.92 Å². The van der Waals surface area contributed by atoms with Gasteiger partial charge in [-0.25, -0.2) is 0 Å². The zero-order chi connectivity index (χ0) is 64.0. The van der Waals surface area contributed by atoms with Crippen molar-refractivity contribution in [3.05, 3.63) is 70.3 Å². The van der Waals surface area contributed by atoms with Gasteiger partial charge in [-0.15, -0.1) is 0 Å². The summed E-state index contributed by atoms with van der Waals surface area (Å²) < 4.78 is 0. The molecule has 3 atom stereocenters. The van der Waals surface area contributed by atoms with Crippen molar-refractivity contribution in [1.29, 1.82) is 0 Å². The van der Waals surface area contributed by atoms with Crippen molar-refractivity contribution in [3.8, 4) is 0 Å². The molecule has 0 saturated heterocycles. The van der Waals surface area contributed by atoms with E-state index < -0.39 is 0 Å². The van der Waals surface area contributed by atoms with Crippen LogP contribution in [0.1, 0.15) is 381 Å². The SMILES string of the molecule is C1CC2CCCC2C1.C1CCC2CCCC2C1.C1CCC2CCCCC2C1.CC(C)C.CC(C)C.CC(C)C.CC(C)C.CC(C)C.CC(C)C.CC(C)C.CC(C)C.CC(C)c1ccc2c(c1)CCC2C(C)C.c1ccc2c(c1)CCC2. The molecule has 10 rings (SSSR count). The molecule has 0 radical (unpaired) electrons. The Morgan fingerprint density at radius 3 is 0.723 bits per heavy atom. The smallest absolute Gasteiger partial charge is 0.0133 e. The molecular formula is C83H160. The number of aryl methyl sites for hydroxylation is 3. The Bertz CT molecular complexity index is 1490. The lowest BCUT2D eigenvalue weighted by atomic mass is 9.71. The normalized spacial score (nSPS) is 22.7. The van der Waals surface area contributed by atoms with Gasteiger partial charge in [-0.1, -0.05) is 371 Å². The van der Waals surface area contributed by atoms with Crippen molar-refractivity contribution in [2.45, 2.75) is 373 Å². The maximum Gasteiger partial charge on any atom is -0.0133 e. The van der Waals surface area contributed by atoms with Crippen LogP contribution in [0.5, 0.6) is 0 Å². The third-order valence-electron chi connectivity index (χ3n) is 15.4. The van der Waals surface area contributed by atoms with E-state index in [2.05, 4.69) is 236 Å². The minimum Gasteiger partial charge on any atom is -0.0630 e. The summed E-state index contributed by atoms with van der Waals surface area (Å²) in [6.07, 6.45) is 39.1. The second-order valence-corrected chi connectivity index (χ2v) is 33.2. The van der Waals surface area contributed by atoms with Gasteiger partial charge < -0.3 is 0 Å². The molecule has 0 spiro atoms. The van der Waals surface area contributed by atoms with E-state index in [1.54, 1.807) is 99.3 Å². The molecule has 0 aromatic heterocycles. The summed E-state index contributed by atoms with van der Waals surface area (Å²) >= 11 is 0. The van der Waals surface area contributed by atoms with E-state index >= 15 is 0 Å². The van der Waals surface area contributed by atoms with Crippen molar-refractivity contribution in [1.82, 2.24) is 0 Å². The van der Waals surface area contributed by atoms with Crippen LogP contribution in [0.2, 0.25) is 0 Å². The summed E-state index contributed by atoms with van der Waals surface area (Å²) in [4.78, 5) is 0. The predicted octanol–water partition coefficient (Wildman–Crippen LogP) is 28.9. The first-order valence-corrected chi connectivity index (χ1v) is 37.0. The van der Waals surface area contributed by atoms with Gasteiger partial charge in [0.05, 0.1) is 0 Å². The first-order chi connectivity index (χ1) is 38.8. The molecule has 0 N–H and O–H groups in total. The Labute approximate surface area is 528 Å². The van der Waals surface area contributed by atoms with Crippen LogP contribution in [0.15, 0.2) is 42.5 Å². The van der Waals surface area contributed by atoms with Crippen LogP contribution in [0.3, 0.4) is 0 Å². The van der Waals surface area contributed by atoms with Crippen molar-refractivity contribution in [2.75, 3.05) is 0 Å². The first-order valence-electron chi connectivity index (χ1n) is 37.0. The van der Waals surface area contributed by atoms with Crippen molar-refractivity contribution < 1.29 is 0 Å². The molecule has 0 amide bonds. The largest absolute Gasteiger partial charge is 0.0630 e. The molecule has 83 heavy (non-hydrogen) atoms. The third kappa shape index (κ3) is 53.2. The van der Waals surface area contributed by atoms with E-state index in [0.717, 1.165) is 71.0 Å². The van der Waals surface area contributed by atoms with Crippen LogP contribution in [-0.4, -0.2) is 0 Å². The molecular weight excluding hydrogens is 997 g/mol. The molecule has 0 bridgehead atoms. The molecule has 2 aromatic rings. The maximum atomic E-state index is 2.43. The fourth-order valence-corrected chi connectivity index (χ4v) is 12.3. The highest BCUT2D eigenvalue weighted by atomic mass is 14.4. The van der Waals surface area contributed by atoms with Gasteiger partial charge in [-0.2, -0.15) is 0 Å². The average Bonchev–Trinajstić information content (AvgIpc) is 4.28. The number of fused-ring (bicyclic) bond motifs is 5. The second-order valence-electron chi connectivity index (χ2n) is 33.2. The Hall–Kier alpha value is -1.56. The number of rotatable bonds is 2. The lowest BCUT2D eigenvalue weighted by Gasteiger charge is -2.35. The summed E-state index contributed by atoms with van der Waals surface area (Å²) in [5.74, 6) is 15.9. The number of benzene rings is 2. The van der Waals surface area contributed by atoms with Crippen LogP contribution in [0.4, 0.5) is 0 Å². The standard InChI is InChI=1S/C15H22.C10H18.C9H16.C9H10.C8H14.8C4H10/c1-10(2)12-5-8-15-13(9-12)6-7-14(15)11(3)4;1-2-6-10-8-4-3-7-9(10)5-1;2*1-2-5-9-7-3-6-8(9)4-1;1-3-7-5-2-6-8(7)4-1;8*1-4(2)3/h5,8-11,14H,6-7H2,1-4H3;9-10H,1-8H2;8-9H,1-7H2;1-2,4-5H,3,6-7H2;7-8H,1-6H2;8*4H,1-3H3. The van der Waals surface area contributed by atoms with Crippen molar-refractivity contribution >= 4 is 0 Å². The van der Waals surface area contributed by atoms with Gasteiger partial charge in [-0.05, 0) is 161 Å². The molecule has 6 saturated carbocycles. The fourth-order valence-electron chi connectivity index (χ4n) is 12.3. The summed E-state index contributed by atoms with van der Waals surface area (Å²) in [5.41, 5.74) is 7.86. The van der Waals surface area contributed by atoms with Gasteiger partial charge >= 0.3 is 0 Å². The molecule has 0 heteroatoms. The topological polar surface area (TPSA) is 0 Å². The van der Waals surface area contributed by atoms with Gasteiger partial charge in [0, 0.05) is 0 Å². The van der Waals surface area contributed by atoms with Gasteiger partial charge in [0.15, 0.2) is 0 Å². The van der Waals surface area contributed by atoms with E-state index in [1.807, 2.05) is 0 Å². The summed E-state index contributed by atoms with van der Waals surface area (Å²) in [7, 11) is 0. The second kappa shape index (κ2) is 53.5. The van der Waals surface area contributed by atoms with Crippen LogP contribution >= 0.6 is 0 Å². The van der Waals surface area contributed by atoms with Gasteiger partial charge in [-0.3, -0.25) is 0 Å². The minimum absolute atomic E-state index is 0.661. The van der Waals surface area contributed by atoms with Crippen LogP contribution < -0.4 is 0 Å². The maximum absolute atomic E-state index is 2.43. The lowest BCUT2D eigenvalue weighted by molar-refractivity contribution is 0.171. The van der Waals surface area contributed by atoms with Crippen LogP contribution in [-0.2, 0) is 19.3 Å². The minimum atomic E-state index is 0.661. The number of hydrogen-bond acceptors (Lipinski definition) is 0. The highest BCUT2D eigenvalue weighted by Crippen LogP contribution is 2.44. The lowest BCUT2D eigenvalue weighted by Crippen LogP contribution is -2.22. The molecule has 3 unspecified atom stereocenters. The zero-order valence-electron chi connectivity index (χ0n) is 62.7. The van der Waals surface area contributed by atoms with Gasteiger partial charge in [0.1, 0.15) is 0 Å².